The van der Waals surface area contributed by atoms with Crippen LogP contribution in [0.3, 0.4) is 0 Å². The number of hydrogen-bond donors (Lipinski definition) is 0. The SMILES string of the molecule is c1ccc(-c2ccc3c(c2)sc2c4ccccc4oc32)cc1. The van der Waals surface area contributed by atoms with Crippen molar-refractivity contribution in [1.29, 1.82) is 0 Å². The van der Waals surface area contributed by atoms with E-state index in [1.54, 1.807) is 0 Å². The van der Waals surface area contributed by atoms with Gasteiger partial charge in [0, 0.05) is 15.5 Å². The Morgan fingerprint density at radius 3 is 2.41 bits per heavy atom. The van der Waals surface area contributed by atoms with Crippen LogP contribution in [0.4, 0.5) is 0 Å². The van der Waals surface area contributed by atoms with Gasteiger partial charge in [-0.15, -0.1) is 11.3 Å². The molecule has 3 aromatic carbocycles. The van der Waals surface area contributed by atoms with Crippen LogP contribution < -0.4 is 0 Å². The van der Waals surface area contributed by atoms with Gasteiger partial charge < -0.3 is 4.42 Å². The summed E-state index contributed by atoms with van der Waals surface area (Å²) in [5.74, 6) is 0. The maximum Gasteiger partial charge on any atom is 0.154 e. The molecule has 2 aromatic heterocycles. The molecule has 0 aliphatic heterocycles. The largest absolute Gasteiger partial charge is 0.454 e. The summed E-state index contributed by atoms with van der Waals surface area (Å²) < 4.78 is 8.59. The maximum absolute atomic E-state index is 6.06. The van der Waals surface area contributed by atoms with Crippen LogP contribution in [0.1, 0.15) is 0 Å². The van der Waals surface area contributed by atoms with Gasteiger partial charge in [-0.2, -0.15) is 0 Å². The van der Waals surface area contributed by atoms with Crippen molar-refractivity contribution < 1.29 is 4.42 Å². The minimum Gasteiger partial charge on any atom is -0.454 e. The smallest absolute Gasteiger partial charge is 0.154 e. The molecule has 0 saturated heterocycles. The second kappa shape index (κ2) is 4.46. The first-order valence-electron chi connectivity index (χ1n) is 7.29. The molecule has 2 heteroatoms. The highest BCUT2D eigenvalue weighted by Crippen LogP contribution is 2.41. The number of rotatable bonds is 1. The quantitative estimate of drug-likeness (QED) is 0.346. The molecular weight excluding hydrogens is 288 g/mol. The van der Waals surface area contributed by atoms with Gasteiger partial charge in [-0.1, -0.05) is 48.5 Å². The van der Waals surface area contributed by atoms with Crippen LogP contribution in [0.5, 0.6) is 0 Å². The number of fused-ring (bicyclic) bond motifs is 5. The van der Waals surface area contributed by atoms with Crippen LogP contribution in [0, 0.1) is 0 Å². The van der Waals surface area contributed by atoms with E-state index in [1.807, 2.05) is 29.5 Å². The van der Waals surface area contributed by atoms with E-state index in [0.717, 1.165) is 11.2 Å². The fraction of sp³-hybridized carbons (Fsp3) is 0. The van der Waals surface area contributed by atoms with Crippen LogP contribution in [-0.4, -0.2) is 0 Å². The molecular formula is C20H12OS. The first-order chi connectivity index (χ1) is 10.9. The summed E-state index contributed by atoms with van der Waals surface area (Å²) in [6, 6.07) is 25.4. The Bertz CT molecular complexity index is 1120. The summed E-state index contributed by atoms with van der Waals surface area (Å²) in [5, 5.41) is 2.41. The molecule has 0 fully saturated rings. The first kappa shape index (κ1) is 12.0. The van der Waals surface area contributed by atoms with E-state index in [9.17, 15) is 0 Å². The summed E-state index contributed by atoms with van der Waals surface area (Å²) in [6.45, 7) is 0. The Hall–Kier alpha value is -2.58. The van der Waals surface area contributed by atoms with Gasteiger partial charge in [0.2, 0.25) is 0 Å². The van der Waals surface area contributed by atoms with Crippen molar-refractivity contribution in [2.24, 2.45) is 0 Å². The fourth-order valence-corrected chi connectivity index (χ4v) is 4.21. The Balaban J connectivity index is 1.82. The van der Waals surface area contributed by atoms with Crippen molar-refractivity contribution in [2.45, 2.75) is 0 Å². The Labute approximate surface area is 131 Å². The van der Waals surface area contributed by atoms with Gasteiger partial charge in [0.1, 0.15) is 5.58 Å². The monoisotopic (exact) mass is 300 g/mol. The molecule has 22 heavy (non-hydrogen) atoms. The van der Waals surface area contributed by atoms with Gasteiger partial charge in [-0.3, -0.25) is 0 Å². The standard InChI is InChI=1S/C20H12OS/c1-2-6-13(7-3-1)14-10-11-16-18(12-14)22-20-15-8-4-5-9-17(15)21-19(16)20/h1-12H. The molecule has 0 spiro atoms. The summed E-state index contributed by atoms with van der Waals surface area (Å²) in [4.78, 5) is 0. The summed E-state index contributed by atoms with van der Waals surface area (Å²) in [6.07, 6.45) is 0. The highest BCUT2D eigenvalue weighted by Gasteiger charge is 2.13. The second-order valence-electron chi connectivity index (χ2n) is 5.44. The van der Waals surface area contributed by atoms with E-state index >= 15 is 0 Å². The molecule has 0 saturated carbocycles. The minimum absolute atomic E-state index is 0.970. The van der Waals surface area contributed by atoms with Crippen molar-refractivity contribution in [3.05, 3.63) is 72.8 Å². The zero-order chi connectivity index (χ0) is 14.5. The first-order valence-corrected chi connectivity index (χ1v) is 8.11. The van der Waals surface area contributed by atoms with Gasteiger partial charge in [0.05, 0.1) is 4.70 Å². The molecule has 5 rings (SSSR count). The highest BCUT2D eigenvalue weighted by molar-refractivity contribution is 7.26. The lowest BCUT2D eigenvalue weighted by Gasteiger charge is -2.01. The summed E-state index contributed by atoms with van der Waals surface area (Å²) in [7, 11) is 0. The number of thiophene rings is 1. The molecule has 2 heterocycles. The molecule has 0 atom stereocenters. The van der Waals surface area contributed by atoms with E-state index < -0.39 is 0 Å². The van der Waals surface area contributed by atoms with Crippen molar-refractivity contribution >= 4 is 42.7 Å². The van der Waals surface area contributed by atoms with E-state index in [4.69, 9.17) is 4.42 Å². The highest BCUT2D eigenvalue weighted by atomic mass is 32.1. The molecule has 0 aliphatic carbocycles. The van der Waals surface area contributed by atoms with Gasteiger partial charge >= 0.3 is 0 Å². The van der Waals surface area contributed by atoms with Gasteiger partial charge in [0.25, 0.3) is 0 Å². The molecule has 0 unspecified atom stereocenters. The van der Waals surface area contributed by atoms with Crippen LogP contribution in [0.2, 0.25) is 0 Å². The minimum atomic E-state index is 0.970. The average molecular weight is 300 g/mol. The van der Waals surface area contributed by atoms with Gasteiger partial charge in [-0.25, -0.2) is 0 Å². The van der Waals surface area contributed by atoms with Crippen LogP contribution in [0.25, 0.3) is 42.5 Å². The molecule has 104 valence electrons. The van der Waals surface area contributed by atoms with E-state index in [2.05, 4.69) is 54.6 Å². The molecule has 0 N–H and O–H groups in total. The third kappa shape index (κ3) is 1.65. The summed E-state index contributed by atoms with van der Waals surface area (Å²) in [5.41, 5.74) is 4.49. The zero-order valence-corrected chi connectivity index (χ0v) is 12.6. The predicted octanol–water partition coefficient (Wildman–Crippen LogP) is 6.47. The van der Waals surface area contributed by atoms with Gasteiger partial charge in [-0.05, 0) is 35.4 Å². The van der Waals surface area contributed by atoms with Crippen LogP contribution in [0.15, 0.2) is 77.2 Å². The lowest BCUT2D eigenvalue weighted by molar-refractivity contribution is 0.673. The van der Waals surface area contributed by atoms with Crippen LogP contribution in [-0.2, 0) is 0 Å². The molecule has 0 amide bonds. The van der Waals surface area contributed by atoms with Crippen LogP contribution >= 0.6 is 11.3 Å². The number of benzene rings is 3. The molecule has 0 aliphatic rings. The second-order valence-corrected chi connectivity index (χ2v) is 6.49. The lowest BCUT2D eigenvalue weighted by Crippen LogP contribution is -1.75. The van der Waals surface area contributed by atoms with Crippen molar-refractivity contribution in [3.63, 3.8) is 0 Å². The summed E-state index contributed by atoms with van der Waals surface area (Å²) >= 11 is 1.81. The average Bonchev–Trinajstić information content (AvgIpc) is 3.11. The molecule has 0 bridgehead atoms. The number of hydrogen-bond acceptors (Lipinski definition) is 2. The zero-order valence-electron chi connectivity index (χ0n) is 11.7. The normalized spacial score (nSPS) is 11.6. The topological polar surface area (TPSA) is 13.1 Å². The van der Waals surface area contributed by atoms with Crippen molar-refractivity contribution in [3.8, 4) is 11.1 Å². The Kier molecular flexibility index (Phi) is 2.43. The number of para-hydroxylation sites is 1. The fourth-order valence-electron chi connectivity index (χ4n) is 3.01. The van der Waals surface area contributed by atoms with E-state index in [-0.39, 0.29) is 0 Å². The van der Waals surface area contributed by atoms with Gasteiger partial charge in [0.15, 0.2) is 5.58 Å². The molecule has 5 aromatic rings. The Morgan fingerprint density at radius 1 is 0.682 bits per heavy atom. The Morgan fingerprint density at radius 2 is 1.50 bits per heavy atom. The third-order valence-electron chi connectivity index (χ3n) is 4.10. The molecule has 0 radical (unpaired) electrons. The number of furan rings is 1. The predicted molar refractivity (Wildman–Crippen MR) is 94.5 cm³/mol. The van der Waals surface area contributed by atoms with Crippen molar-refractivity contribution in [2.75, 3.05) is 0 Å². The third-order valence-corrected chi connectivity index (χ3v) is 5.26. The maximum atomic E-state index is 6.06. The van der Waals surface area contributed by atoms with Crippen molar-refractivity contribution in [1.82, 2.24) is 0 Å². The van der Waals surface area contributed by atoms with E-state index in [0.29, 0.717) is 0 Å². The lowest BCUT2D eigenvalue weighted by atomic mass is 10.0. The van der Waals surface area contributed by atoms with E-state index in [1.165, 1.54) is 31.3 Å². The molecule has 1 nitrogen and oxygen atoms in total.